The highest BCUT2D eigenvalue weighted by Crippen LogP contribution is 2.55. The van der Waals surface area contributed by atoms with E-state index in [1.807, 2.05) is 0 Å². The highest BCUT2D eigenvalue weighted by molar-refractivity contribution is 6.99. The Labute approximate surface area is 150 Å². The molecule has 1 amide bonds. The van der Waals surface area contributed by atoms with Gasteiger partial charge in [0.05, 0.1) is 17.9 Å². The lowest BCUT2D eigenvalue weighted by molar-refractivity contribution is 0.0939. The van der Waals surface area contributed by atoms with Crippen molar-refractivity contribution in [2.45, 2.75) is 18.3 Å². The Morgan fingerprint density at radius 2 is 1.68 bits per heavy atom. The molecule has 1 aromatic heterocycles. The SMILES string of the molecule is O=C(NC[C@@H]1CC2c3ccccc3C1c1ccccc12)c1cnsn1. The van der Waals surface area contributed by atoms with Crippen molar-refractivity contribution < 1.29 is 4.79 Å². The molecule has 3 aromatic rings. The molecule has 2 bridgehead atoms. The maximum atomic E-state index is 12.2. The van der Waals surface area contributed by atoms with Gasteiger partial charge in [-0.1, -0.05) is 48.5 Å². The number of hydrogen-bond acceptors (Lipinski definition) is 4. The Kier molecular flexibility index (Phi) is 3.41. The van der Waals surface area contributed by atoms with E-state index >= 15 is 0 Å². The summed E-state index contributed by atoms with van der Waals surface area (Å²) in [7, 11) is 0. The summed E-state index contributed by atoms with van der Waals surface area (Å²) in [5.74, 6) is 1.06. The number of fused-ring (bicyclic) bond motifs is 1. The zero-order valence-electron chi connectivity index (χ0n) is 13.6. The van der Waals surface area contributed by atoms with E-state index in [0.717, 1.165) is 18.1 Å². The minimum Gasteiger partial charge on any atom is -0.350 e. The van der Waals surface area contributed by atoms with Gasteiger partial charge in [-0.25, -0.2) is 0 Å². The summed E-state index contributed by atoms with van der Waals surface area (Å²) in [6.45, 7) is 0.667. The molecule has 3 aliphatic carbocycles. The van der Waals surface area contributed by atoms with Crippen molar-refractivity contribution in [1.82, 2.24) is 14.1 Å². The van der Waals surface area contributed by atoms with Crippen molar-refractivity contribution >= 4 is 17.6 Å². The van der Waals surface area contributed by atoms with Crippen LogP contribution in [0.1, 0.15) is 51.0 Å². The van der Waals surface area contributed by atoms with E-state index in [2.05, 4.69) is 62.6 Å². The summed E-state index contributed by atoms with van der Waals surface area (Å²) in [5.41, 5.74) is 6.17. The molecule has 3 aliphatic rings. The molecule has 0 radical (unpaired) electrons. The van der Waals surface area contributed by atoms with Crippen LogP contribution in [0.5, 0.6) is 0 Å². The second kappa shape index (κ2) is 5.77. The molecule has 1 N–H and O–H groups in total. The number of benzene rings is 2. The summed E-state index contributed by atoms with van der Waals surface area (Å²) in [6, 6.07) is 17.5. The Bertz CT molecular complexity index is 890. The number of carbonyl (C=O) groups excluding carboxylic acids is 1. The van der Waals surface area contributed by atoms with Crippen LogP contribution in [0.15, 0.2) is 54.7 Å². The highest BCUT2D eigenvalue weighted by atomic mass is 32.1. The molecule has 0 fully saturated rings. The largest absolute Gasteiger partial charge is 0.350 e. The van der Waals surface area contributed by atoms with Crippen LogP contribution >= 0.6 is 11.7 Å². The van der Waals surface area contributed by atoms with Gasteiger partial charge in [-0.3, -0.25) is 4.79 Å². The number of nitrogens with zero attached hydrogens (tertiary/aromatic N) is 2. The summed E-state index contributed by atoms with van der Waals surface area (Å²) in [4.78, 5) is 12.2. The predicted octanol–water partition coefficient (Wildman–Crippen LogP) is 3.57. The van der Waals surface area contributed by atoms with Gasteiger partial charge in [-0.05, 0) is 34.6 Å². The van der Waals surface area contributed by atoms with Crippen molar-refractivity contribution in [1.29, 1.82) is 0 Å². The summed E-state index contributed by atoms with van der Waals surface area (Å²) in [5, 5.41) is 3.07. The number of amides is 1. The lowest BCUT2D eigenvalue weighted by atomic mass is 9.59. The van der Waals surface area contributed by atoms with Crippen LogP contribution in [-0.4, -0.2) is 21.2 Å². The zero-order chi connectivity index (χ0) is 16.8. The van der Waals surface area contributed by atoms with Crippen LogP contribution in [0, 0.1) is 5.92 Å². The van der Waals surface area contributed by atoms with Crippen LogP contribution in [0.3, 0.4) is 0 Å². The lowest BCUT2D eigenvalue weighted by Gasteiger charge is -2.45. The zero-order valence-corrected chi connectivity index (χ0v) is 14.4. The number of nitrogens with one attached hydrogen (secondary N) is 1. The smallest absolute Gasteiger partial charge is 0.272 e. The third kappa shape index (κ3) is 2.30. The molecule has 124 valence electrons. The van der Waals surface area contributed by atoms with Crippen LogP contribution in [0.2, 0.25) is 0 Å². The van der Waals surface area contributed by atoms with Crippen LogP contribution in [-0.2, 0) is 0 Å². The molecule has 0 saturated heterocycles. The highest BCUT2D eigenvalue weighted by Gasteiger charge is 2.42. The number of aromatic nitrogens is 2. The van der Waals surface area contributed by atoms with Gasteiger partial charge in [0.1, 0.15) is 0 Å². The van der Waals surface area contributed by atoms with Gasteiger partial charge in [-0.15, -0.1) is 0 Å². The average Bonchev–Trinajstić information content (AvgIpc) is 3.21. The van der Waals surface area contributed by atoms with Crippen molar-refractivity contribution in [3.8, 4) is 0 Å². The van der Waals surface area contributed by atoms with Crippen LogP contribution in [0.4, 0.5) is 0 Å². The molecular weight excluding hydrogens is 330 g/mol. The van der Waals surface area contributed by atoms with Gasteiger partial charge in [-0.2, -0.15) is 8.75 Å². The molecule has 1 heterocycles. The van der Waals surface area contributed by atoms with E-state index in [1.54, 1.807) is 0 Å². The van der Waals surface area contributed by atoms with Crippen LogP contribution in [0.25, 0.3) is 0 Å². The Morgan fingerprint density at radius 1 is 1.04 bits per heavy atom. The van der Waals surface area contributed by atoms with E-state index in [-0.39, 0.29) is 5.91 Å². The molecule has 1 atom stereocenters. The average molecular weight is 347 g/mol. The van der Waals surface area contributed by atoms with Gasteiger partial charge >= 0.3 is 0 Å². The molecule has 4 nitrogen and oxygen atoms in total. The summed E-state index contributed by atoms with van der Waals surface area (Å²) < 4.78 is 7.92. The first-order chi connectivity index (χ1) is 12.3. The number of rotatable bonds is 3. The summed E-state index contributed by atoms with van der Waals surface area (Å²) >= 11 is 1.06. The Morgan fingerprint density at radius 3 is 2.28 bits per heavy atom. The first kappa shape index (κ1) is 14.8. The van der Waals surface area contributed by atoms with Crippen LogP contribution < -0.4 is 5.32 Å². The number of hydrogen-bond donors (Lipinski definition) is 1. The Hall–Kier alpha value is -2.53. The minimum atomic E-state index is -0.128. The standard InChI is InChI=1S/C20H17N3OS/c24-20(18-11-22-25-23-18)21-10-12-9-17-13-5-1-3-7-15(13)19(12)16-8-4-2-6-14(16)17/h1-8,11-12,17,19H,9-10H2,(H,21,24)/t12-,17?,19?/m0/s1. The van der Waals surface area contributed by atoms with Gasteiger partial charge in [0, 0.05) is 18.4 Å². The quantitative estimate of drug-likeness (QED) is 0.788. The van der Waals surface area contributed by atoms with E-state index in [1.165, 1.54) is 28.5 Å². The fourth-order valence-electron chi connectivity index (χ4n) is 4.54. The van der Waals surface area contributed by atoms with Crippen molar-refractivity contribution in [3.63, 3.8) is 0 Å². The molecule has 0 aliphatic heterocycles. The number of carbonyl (C=O) groups is 1. The van der Waals surface area contributed by atoms with Gasteiger partial charge in [0.15, 0.2) is 5.69 Å². The topological polar surface area (TPSA) is 54.9 Å². The third-order valence-electron chi connectivity index (χ3n) is 5.54. The van der Waals surface area contributed by atoms with Gasteiger partial charge in [0.2, 0.25) is 0 Å². The van der Waals surface area contributed by atoms with Crippen molar-refractivity contribution in [3.05, 3.63) is 82.7 Å². The van der Waals surface area contributed by atoms with E-state index in [9.17, 15) is 4.79 Å². The van der Waals surface area contributed by atoms with E-state index in [0.29, 0.717) is 30.0 Å². The fraction of sp³-hybridized carbons (Fsp3) is 0.250. The molecule has 0 unspecified atom stereocenters. The monoisotopic (exact) mass is 347 g/mol. The van der Waals surface area contributed by atoms with E-state index < -0.39 is 0 Å². The maximum Gasteiger partial charge on any atom is 0.272 e. The van der Waals surface area contributed by atoms with Gasteiger partial charge < -0.3 is 5.32 Å². The maximum absolute atomic E-state index is 12.2. The molecule has 0 spiro atoms. The molecular formula is C20H17N3OS. The second-order valence-corrected chi connectivity index (χ2v) is 7.34. The first-order valence-corrected chi connectivity index (χ1v) is 9.29. The van der Waals surface area contributed by atoms with Crippen molar-refractivity contribution in [2.24, 2.45) is 5.92 Å². The Balaban J connectivity index is 1.47. The second-order valence-electron chi connectivity index (χ2n) is 6.79. The fourth-order valence-corrected chi connectivity index (χ4v) is 4.95. The molecule has 5 heteroatoms. The lowest BCUT2D eigenvalue weighted by Crippen LogP contribution is -2.39. The van der Waals surface area contributed by atoms with Crippen molar-refractivity contribution in [2.75, 3.05) is 6.54 Å². The predicted molar refractivity (Wildman–Crippen MR) is 96.9 cm³/mol. The minimum absolute atomic E-state index is 0.128. The molecule has 6 rings (SSSR count). The molecule has 0 saturated carbocycles. The summed E-state index contributed by atoms with van der Waals surface area (Å²) in [6.07, 6.45) is 2.60. The molecule has 25 heavy (non-hydrogen) atoms. The van der Waals surface area contributed by atoms with Gasteiger partial charge in [0.25, 0.3) is 5.91 Å². The van der Waals surface area contributed by atoms with E-state index in [4.69, 9.17) is 0 Å². The normalized spacial score (nSPS) is 23.0. The molecule has 2 aromatic carbocycles. The third-order valence-corrected chi connectivity index (χ3v) is 6.02. The first-order valence-electron chi connectivity index (χ1n) is 8.56.